The Morgan fingerprint density at radius 2 is 1.92 bits per heavy atom. The van der Waals surface area contributed by atoms with Crippen LogP contribution < -0.4 is 5.32 Å². The molecule has 2 N–H and O–H groups in total. The standard InChI is InChI=1S/C19H17FN4O/c20-16-4-2-15(3-5-16)17-13-23-18(24-17)9-12-22-19(25)6-1-14-7-10-21-11-8-14/h1-8,10-11,13H,9,12H2,(H,22,25)(H,23,24)/b6-1+. The number of carbonyl (C=O) groups is 1. The van der Waals surface area contributed by atoms with Crippen molar-refractivity contribution in [3.05, 3.63) is 78.3 Å². The van der Waals surface area contributed by atoms with Crippen LogP contribution in [0, 0.1) is 5.82 Å². The van der Waals surface area contributed by atoms with E-state index < -0.39 is 0 Å². The summed E-state index contributed by atoms with van der Waals surface area (Å²) in [4.78, 5) is 23.2. The molecule has 0 aliphatic heterocycles. The molecular weight excluding hydrogens is 319 g/mol. The molecule has 2 heterocycles. The highest BCUT2D eigenvalue weighted by Gasteiger charge is 2.04. The van der Waals surface area contributed by atoms with Gasteiger partial charge in [-0.1, -0.05) is 0 Å². The van der Waals surface area contributed by atoms with Crippen LogP contribution in [0.2, 0.25) is 0 Å². The average Bonchev–Trinajstić information content (AvgIpc) is 3.10. The third-order valence-corrected chi connectivity index (χ3v) is 3.58. The van der Waals surface area contributed by atoms with Gasteiger partial charge in [-0.05, 0) is 53.6 Å². The van der Waals surface area contributed by atoms with Crippen LogP contribution in [0.15, 0.2) is 61.1 Å². The Bertz CT molecular complexity index is 857. The predicted molar refractivity (Wildman–Crippen MR) is 94.0 cm³/mol. The van der Waals surface area contributed by atoms with E-state index in [-0.39, 0.29) is 11.7 Å². The van der Waals surface area contributed by atoms with Gasteiger partial charge in [0.25, 0.3) is 0 Å². The molecule has 0 aliphatic carbocycles. The van der Waals surface area contributed by atoms with Gasteiger partial charge >= 0.3 is 0 Å². The Morgan fingerprint density at radius 1 is 1.16 bits per heavy atom. The number of hydrogen-bond acceptors (Lipinski definition) is 3. The molecular formula is C19H17FN4O. The minimum absolute atomic E-state index is 0.165. The first-order chi connectivity index (χ1) is 12.2. The fourth-order valence-corrected chi connectivity index (χ4v) is 2.28. The van der Waals surface area contributed by atoms with Crippen molar-refractivity contribution in [1.82, 2.24) is 20.3 Å². The molecule has 0 spiro atoms. The van der Waals surface area contributed by atoms with Crippen molar-refractivity contribution >= 4 is 12.0 Å². The minimum atomic E-state index is -0.272. The lowest BCUT2D eigenvalue weighted by molar-refractivity contribution is -0.116. The molecule has 3 aromatic rings. The van der Waals surface area contributed by atoms with E-state index in [9.17, 15) is 9.18 Å². The van der Waals surface area contributed by atoms with E-state index >= 15 is 0 Å². The number of aromatic amines is 1. The SMILES string of the molecule is O=C(/C=C/c1ccncc1)NCCc1ncc(-c2ccc(F)cc2)[nH]1. The summed E-state index contributed by atoms with van der Waals surface area (Å²) in [7, 11) is 0. The number of carbonyl (C=O) groups excluding carboxylic acids is 1. The number of benzene rings is 1. The van der Waals surface area contributed by atoms with Crippen LogP contribution in [-0.2, 0) is 11.2 Å². The van der Waals surface area contributed by atoms with Crippen LogP contribution in [0.1, 0.15) is 11.4 Å². The van der Waals surface area contributed by atoms with Crippen molar-refractivity contribution in [2.75, 3.05) is 6.54 Å². The van der Waals surface area contributed by atoms with Crippen LogP contribution >= 0.6 is 0 Å². The molecule has 0 unspecified atom stereocenters. The number of pyridine rings is 1. The Morgan fingerprint density at radius 3 is 2.68 bits per heavy atom. The van der Waals surface area contributed by atoms with Crippen molar-refractivity contribution < 1.29 is 9.18 Å². The van der Waals surface area contributed by atoms with E-state index in [0.29, 0.717) is 13.0 Å². The molecule has 1 aromatic carbocycles. The van der Waals surface area contributed by atoms with E-state index in [0.717, 1.165) is 22.6 Å². The maximum absolute atomic E-state index is 12.9. The Balaban J connectivity index is 1.48. The average molecular weight is 336 g/mol. The number of rotatable bonds is 6. The van der Waals surface area contributed by atoms with Gasteiger partial charge in [-0.25, -0.2) is 9.37 Å². The van der Waals surface area contributed by atoms with Gasteiger partial charge < -0.3 is 10.3 Å². The number of H-pyrrole nitrogens is 1. The number of amides is 1. The van der Waals surface area contributed by atoms with Gasteiger partial charge in [0, 0.05) is 31.4 Å². The Hall–Kier alpha value is -3.28. The molecule has 126 valence electrons. The highest BCUT2D eigenvalue weighted by Crippen LogP contribution is 2.17. The second-order valence-electron chi connectivity index (χ2n) is 5.41. The fourth-order valence-electron chi connectivity index (χ4n) is 2.28. The number of imidazole rings is 1. The summed E-state index contributed by atoms with van der Waals surface area (Å²) in [5.41, 5.74) is 2.60. The van der Waals surface area contributed by atoms with Crippen molar-refractivity contribution in [3.63, 3.8) is 0 Å². The molecule has 0 radical (unpaired) electrons. The summed E-state index contributed by atoms with van der Waals surface area (Å²) in [6, 6.07) is 9.85. The molecule has 0 fully saturated rings. The van der Waals surface area contributed by atoms with E-state index in [1.54, 1.807) is 36.8 Å². The van der Waals surface area contributed by atoms with E-state index in [4.69, 9.17) is 0 Å². The summed E-state index contributed by atoms with van der Waals surface area (Å²) >= 11 is 0. The highest BCUT2D eigenvalue weighted by molar-refractivity contribution is 5.91. The van der Waals surface area contributed by atoms with Crippen LogP contribution in [-0.4, -0.2) is 27.4 Å². The van der Waals surface area contributed by atoms with Gasteiger partial charge in [0.15, 0.2) is 0 Å². The van der Waals surface area contributed by atoms with Gasteiger partial charge in [0.2, 0.25) is 5.91 Å². The number of nitrogens with one attached hydrogen (secondary N) is 2. The zero-order chi connectivity index (χ0) is 17.5. The molecule has 2 aromatic heterocycles. The van der Waals surface area contributed by atoms with E-state index in [1.165, 1.54) is 18.2 Å². The minimum Gasteiger partial charge on any atom is -0.352 e. The van der Waals surface area contributed by atoms with Crippen molar-refractivity contribution in [1.29, 1.82) is 0 Å². The fraction of sp³-hybridized carbons (Fsp3) is 0.105. The first-order valence-electron chi connectivity index (χ1n) is 7.86. The van der Waals surface area contributed by atoms with E-state index in [1.807, 2.05) is 12.1 Å². The summed E-state index contributed by atoms with van der Waals surface area (Å²) in [6.45, 7) is 0.468. The molecule has 0 aliphatic rings. The zero-order valence-corrected chi connectivity index (χ0v) is 13.4. The number of aromatic nitrogens is 3. The predicted octanol–water partition coefficient (Wildman–Crippen LogP) is 2.98. The quantitative estimate of drug-likeness (QED) is 0.680. The van der Waals surface area contributed by atoms with Crippen LogP contribution in [0.3, 0.4) is 0 Å². The maximum atomic E-state index is 12.9. The van der Waals surface area contributed by atoms with Crippen molar-refractivity contribution in [2.45, 2.75) is 6.42 Å². The van der Waals surface area contributed by atoms with Gasteiger partial charge in [-0.15, -0.1) is 0 Å². The molecule has 0 saturated heterocycles. The lowest BCUT2D eigenvalue weighted by atomic mass is 10.2. The molecule has 3 rings (SSSR count). The molecule has 5 nitrogen and oxygen atoms in total. The van der Waals surface area contributed by atoms with Gasteiger partial charge in [0.1, 0.15) is 11.6 Å². The van der Waals surface area contributed by atoms with Gasteiger partial charge in [-0.2, -0.15) is 0 Å². The zero-order valence-electron chi connectivity index (χ0n) is 13.4. The normalized spacial score (nSPS) is 10.9. The molecule has 0 bridgehead atoms. The second kappa shape index (κ2) is 8.01. The summed E-state index contributed by atoms with van der Waals surface area (Å²) in [5.74, 6) is 0.325. The monoisotopic (exact) mass is 336 g/mol. The number of hydrogen-bond donors (Lipinski definition) is 2. The smallest absolute Gasteiger partial charge is 0.244 e. The van der Waals surface area contributed by atoms with Gasteiger partial charge in [0.05, 0.1) is 11.9 Å². The number of nitrogens with zero attached hydrogens (tertiary/aromatic N) is 2. The largest absolute Gasteiger partial charge is 0.352 e. The maximum Gasteiger partial charge on any atom is 0.244 e. The van der Waals surface area contributed by atoms with E-state index in [2.05, 4.69) is 20.3 Å². The van der Waals surface area contributed by atoms with Crippen LogP contribution in [0.5, 0.6) is 0 Å². The lowest BCUT2D eigenvalue weighted by Gasteiger charge is -2.00. The highest BCUT2D eigenvalue weighted by atomic mass is 19.1. The summed E-state index contributed by atoms with van der Waals surface area (Å²) in [5, 5.41) is 2.81. The first kappa shape index (κ1) is 16.6. The molecule has 0 atom stereocenters. The number of halogens is 1. The summed E-state index contributed by atoms with van der Waals surface area (Å²) < 4.78 is 12.9. The van der Waals surface area contributed by atoms with Crippen LogP contribution in [0.4, 0.5) is 4.39 Å². The van der Waals surface area contributed by atoms with Gasteiger partial charge in [-0.3, -0.25) is 9.78 Å². The molecule has 25 heavy (non-hydrogen) atoms. The Labute approximate surface area is 144 Å². The molecule has 0 saturated carbocycles. The van der Waals surface area contributed by atoms with Crippen molar-refractivity contribution in [2.24, 2.45) is 0 Å². The topological polar surface area (TPSA) is 70.7 Å². The molecule has 1 amide bonds. The second-order valence-corrected chi connectivity index (χ2v) is 5.41. The third-order valence-electron chi connectivity index (χ3n) is 3.58. The lowest BCUT2D eigenvalue weighted by Crippen LogP contribution is -2.23. The van der Waals surface area contributed by atoms with Crippen molar-refractivity contribution in [3.8, 4) is 11.3 Å². The first-order valence-corrected chi connectivity index (χ1v) is 7.86. The summed E-state index contributed by atoms with van der Waals surface area (Å²) in [6.07, 6.45) is 8.85. The molecule has 6 heteroatoms. The van der Waals surface area contributed by atoms with Crippen LogP contribution in [0.25, 0.3) is 17.3 Å². The Kier molecular flexibility index (Phi) is 5.31. The third kappa shape index (κ3) is 4.84.